The third-order valence-corrected chi connectivity index (χ3v) is 7.10. The molecule has 6 aromatic rings. The van der Waals surface area contributed by atoms with Gasteiger partial charge < -0.3 is 13.9 Å². The van der Waals surface area contributed by atoms with Gasteiger partial charge >= 0.3 is 0 Å². The maximum Gasteiger partial charge on any atom is 0.282 e. The van der Waals surface area contributed by atoms with Gasteiger partial charge in [0, 0.05) is 16.0 Å². The minimum absolute atomic E-state index is 0.152. The fourth-order valence-electron chi connectivity index (χ4n) is 4.91. The number of aromatic nitrogens is 2. The van der Waals surface area contributed by atoms with Crippen molar-refractivity contribution in [1.82, 2.24) is 9.66 Å². The molecule has 0 radical (unpaired) electrons. The van der Waals surface area contributed by atoms with E-state index in [9.17, 15) is 9.18 Å². The summed E-state index contributed by atoms with van der Waals surface area (Å²) in [5, 5.41) is 6.34. The molecule has 220 valence electrons. The number of fused-ring (bicyclic) bond motifs is 2. The number of nitrogens with zero attached hydrogens (tertiary/aromatic N) is 3. The summed E-state index contributed by atoms with van der Waals surface area (Å²) >= 11 is 6.19. The van der Waals surface area contributed by atoms with Gasteiger partial charge in [-0.25, -0.2) is 9.37 Å². The normalized spacial score (nSPS) is 11.4. The predicted molar refractivity (Wildman–Crippen MR) is 171 cm³/mol. The summed E-state index contributed by atoms with van der Waals surface area (Å²) in [5.74, 6) is 1.29. The Morgan fingerprint density at radius 1 is 1.05 bits per heavy atom. The summed E-state index contributed by atoms with van der Waals surface area (Å²) in [4.78, 5) is 18.5. The number of rotatable bonds is 10. The molecule has 6 rings (SSSR count). The minimum atomic E-state index is -0.355. The van der Waals surface area contributed by atoms with E-state index in [0.29, 0.717) is 62.9 Å². The second kappa shape index (κ2) is 12.6. The van der Waals surface area contributed by atoms with E-state index in [1.807, 2.05) is 19.1 Å². The average molecular weight is 608 g/mol. The van der Waals surface area contributed by atoms with Crippen molar-refractivity contribution in [2.75, 3.05) is 6.61 Å². The highest BCUT2D eigenvalue weighted by atomic mass is 35.5. The van der Waals surface area contributed by atoms with Crippen LogP contribution >= 0.6 is 11.6 Å². The van der Waals surface area contributed by atoms with Crippen molar-refractivity contribution < 1.29 is 18.3 Å². The standard InChI is InChI=1S/C35H27ClFN3O4/c1-3-8-24-15-23(17-31(42-4-2)33(24)43-21-22-9-7-10-27(37)16-22)20-38-40-34(39-29-12-6-5-11-28(29)35(40)41)32-19-25-18-26(36)13-14-30(25)44-32/h3,5-7,9-20H,1,4,8,21H2,2H3. The fourth-order valence-corrected chi connectivity index (χ4v) is 5.09. The second-order valence-corrected chi connectivity index (χ2v) is 10.4. The van der Waals surface area contributed by atoms with Gasteiger partial charge in [0.2, 0.25) is 5.82 Å². The molecule has 0 unspecified atom stereocenters. The van der Waals surface area contributed by atoms with E-state index < -0.39 is 0 Å². The van der Waals surface area contributed by atoms with Crippen LogP contribution in [-0.4, -0.2) is 22.5 Å². The lowest BCUT2D eigenvalue weighted by Gasteiger charge is -2.17. The maximum absolute atomic E-state index is 13.7. The van der Waals surface area contributed by atoms with Crippen molar-refractivity contribution in [2.45, 2.75) is 20.0 Å². The Morgan fingerprint density at radius 2 is 1.91 bits per heavy atom. The van der Waals surface area contributed by atoms with Crippen molar-refractivity contribution in [3.05, 3.63) is 135 Å². The highest BCUT2D eigenvalue weighted by Gasteiger charge is 2.18. The summed E-state index contributed by atoms with van der Waals surface area (Å²) in [6.07, 6.45) is 3.79. The number of halogens is 2. The van der Waals surface area contributed by atoms with Crippen molar-refractivity contribution >= 4 is 39.7 Å². The van der Waals surface area contributed by atoms with Crippen molar-refractivity contribution in [2.24, 2.45) is 5.10 Å². The molecule has 0 N–H and O–H groups in total. The fraction of sp³-hybridized carbons (Fsp3) is 0.114. The predicted octanol–water partition coefficient (Wildman–Crippen LogP) is 8.19. The molecule has 2 aromatic heterocycles. The van der Waals surface area contributed by atoms with Crippen molar-refractivity contribution in [1.29, 1.82) is 0 Å². The molecule has 7 nitrogen and oxygen atoms in total. The SMILES string of the molecule is C=CCc1cc(C=Nn2c(-c3cc4cc(Cl)ccc4o3)nc3ccccc3c2=O)cc(OCC)c1OCc1cccc(F)c1. The van der Waals surface area contributed by atoms with E-state index >= 15 is 0 Å². The maximum atomic E-state index is 13.7. The first-order valence-electron chi connectivity index (χ1n) is 14.0. The Labute approximate surface area is 257 Å². The van der Waals surface area contributed by atoms with Crippen molar-refractivity contribution in [3.63, 3.8) is 0 Å². The van der Waals surface area contributed by atoms with E-state index in [4.69, 9.17) is 30.5 Å². The Balaban J connectivity index is 1.44. The van der Waals surface area contributed by atoms with Gasteiger partial charge in [-0.2, -0.15) is 9.78 Å². The van der Waals surface area contributed by atoms with Crippen LogP contribution in [0.2, 0.25) is 5.02 Å². The molecular formula is C35H27ClFN3O4. The van der Waals surface area contributed by atoms with Gasteiger partial charge in [0.15, 0.2) is 17.3 Å². The number of hydrogen-bond acceptors (Lipinski definition) is 6. The number of ether oxygens (including phenoxy) is 2. The molecule has 0 atom stereocenters. The lowest BCUT2D eigenvalue weighted by molar-refractivity contribution is 0.267. The molecule has 0 saturated carbocycles. The summed E-state index contributed by atoms with van der Waals surface area (Å²) < 4.78 is 33.1. The van der Waals surface area contributed by atoms with Crippen molar-refractivity contribution in [3.8, 4) is 23.1 Å². The minimum Gasteiger partial charge on any atom is -0.490 e. The topological polar surface area (TPSA) is 78.9 Å². The zero-order chi connectivity index (χ0) is 30.6. The smallest absolute Gasteiger partial charge is 0.282 e. The van der Waals surface area contributed by atoms with E-state index in [0.717, 1.165) is 10.9 Å². The van der Waals surface area contributed by atoms with Crippen LogP contribution in [0.4, 0.5) is 4.39 Å². The number of hydrogen-bond donors (Lipinski definition) is 0. The molecule has 0 aliphatic carbocycles. The Hall–Kier alpha value is -5.21. The van der Waals surface area contributed by atoms with Crippen LogP contribution < -0.4 is 15.0 Å². The number of benzene rings is 4. The lowest BCUT2D eigenvalue weighted by atomic mass is 10.1. The van der Waals surface area contributed by atoms with E-state index in [1.54, 1.807) is 73.0 Å². The highest BCUT2D eigenvalue weighted by Crippen LogP contribution is 2.35. The quantitative estimate of drug-likeness (QED) is 0.116. The van der Waals surface area contributed by atoms with E-state index in [2.05, 4.69) is 11.7 Å². The molecule has 0 spiro atoms. The molecule has 9 heteroatoms. The molecule has 0 saturated heterocycles. The Bertz CT molecular complexity index is 2100. The van der Waals surface area contributed by atoms with Gasteiger partial charge in [-0.3, -0.25) is 4.79 Å². The highest BCUT2D eigenvalue weighted by molar-refractivity contribution is 6.31. The van der Waals surface area contributed by atoms with E-state index in [1.165, 1.54) is 16.8 Å². The number of para-hydroxylation sites is 1. The molecule has 0 bridgehead atoms. The monoisotopic (exact) mass is 607 g/mol. The van der Waals surface area contributed by atoms with Gasteiger partial charge in [0.05, 0.1) is 23.7 Å². The van der Waals surface area contributed by atoms with Gasteiger partial charge in [-0.15, -0.1) is 6.58 Å². The third-order valence-electron chi connectivity index (χ3n) is 6.87. The van der Waals surface area contributed by atoms with Gasteiger partial charge in [0.25, 0.3) is 5.56 Å². The summed E-state index contributed by atoms with van der Waals surface area (Å²) in [7, 11) is 0. The Kier molecular flexibility index (Phi) is 8.25. The van der Waals surface area contributed by atoms with Gasteiger partial charge in [0.1, 0.15) is 18.0 Å². The molecule has 0 aliphatic rings. The van der Waals surface area contributed by atoms with Gasteiger partial charge in [-0.1, -0.05) is 41.9 Å². The molecule has 4 aromatic carbocycles. The van der Waals surface area contributed by atoms with Crippen LogP contribution in [0.5, 0.6) is 11.5 Å². The van der Waals surface area contributed by atoms with Crippen LogP contribution in [0.15, 0.2) is 112 Å². The Morgan fingerprint density at radius 3 is 2.73 bits per heavy atom. The molecule has 44 heavy (non-hydrogen) atoms. The van der Waals surface area contributed by atoms with Crippen LogP contribution in [0.3, 0.4) is 0 Å². The molecule has 0 amide bonds. The summed E-state index contributed by atoms with van der Waals surface area (Å²) in [5.41, 5.74) is 2.90. The van der Waals surface area contributed by atoms with Crippen LogP contribution in [0.25, 0.3) is 33.5 Å². The first-order chi connectivity index (χ1) is 21.4. The number of allylic oxidation sites excluding steroid dienone is 1. The second-order valence-electron chi connectivity index (χ2n) is 9.96. The molecule has 0 fully saturated rings. The zero-order valence-electron chi connectivity index (χ0n) is 23.8. The molecule has 0 aliphatic heterocycles. The van der Waals surface area contributed by atoms with Crippen LogP contribution in [-0.2, 0) is 13.0 Å². The molecule has 2 heterocycles. The first-order valence-corrected chi connectivity index (χ1v) is 14.3. The molecular weight excluding hydrogens is 581 g/mol. The zero-order valence-corrected chi connectivity index (χ0v) is 24.6. The number of furan rings is 1. The first kappa shape index (κ1) is 28.9. The van der Waals surface area contributed by atoms with E-state index in [-0.39, 0.29) is 23.8 Å². The summed E-state index contributed by atoms with van der Waals surface area (Å²) in [6.45, 7) is 6.30. The summed E-state index contributed by atoms with van der Waals surface area (Å²) in [6, 6.07) is 24.1. The van der Waals surface area contributed by atoms with Gasteiger partial charge in [-0.05, 0) is 85.1 Å². The lowest BCUT2D eigenvalue weighted by Crippen LogP contribution is -2.20. The average Bonchev–Trinajstić information content (AvgIpc) is 3.43. The largest absolute Gasteiger partial charge is 0.490 e. The van der Waals surface area contributed by atoms with Crippen LogP contribution in [0.1, 0.15) is 23.6 Å². The third kappa shape index (κ3) is 5.98. The van der Waals surface area contributed by atoms with Crippen LogP contribution in [0, 0.1) is 5.82 Å².